The molecule has 0 amide bonds. The van der Waals surface area contributed by atoms with Crippen molar-refractivity contribution >= 4 is 64.3 Å². The van der Waals surface area contributed by atoms with Crippen molar-refractivity contribution in [2.75, 3.05) is 0 Å². The van der Waals surface area contributed by atoms with E-state index in [-0.39, 0.29) is 17.5 Å². The number of benzene rings is 5. The highest BCUT2D eigenvalue weighted by Gasteiger charge is 2.26. The molecule has 0 N–H and O–H groups in total. The van der Waals surface area contributed by atoms with Gasteiger partial charge in [0.1, 0.15) is 22.4 Å². The zero-order valence-electron chi connectivity index (χ0n) is 31.7. The molecule has 4 heterocycles. The fourth-order valence-corrected chi connectivity index (χ4v) is 8.60. The molecule has 0 fully saturated rings. The fourth-order valence-electron chi connectivity index (χ4n) is 7.41. The number of aryl methyl sites for hydroxylation is 1. The van der Waals surface area contributed by atoms with Crippen molar-refractivity contribution < 1.29 is 4.11 Å². The summed E-state index contributed by atoms with van der Waals surface area (Å²) in [6.07, 6.45) is 0. The molecule has 0 saturated heterocycles. The van der Waals surface area contributed by atoms with E-state index in [1.807, 2.05) is 30.3 Å². The van der Waals surface area contributed by atoms with Gasteiger partial charge in [-0.15, -0.1) is 11.3 Å². The largest absolute Gasteiger partial charge is 0.290 e. The quantitative estimate of drug-likeness (QED) is 0.181. The number of fused-ring (bicyclic) bond motifs is 7. The molecular formula is C45H35N5S. The third-order valence-electron chi connectivity index (χ3n) is 9.91. The lowest BCUT2D eigenvalue weighted by Gasteiger charge is -2.25. The Balaban J connectivity index is 1.42. The molecule has 51 heavy (non-hydrogen) atoms. The Hall–Kier alpha value is -5.90. The van der Waals surface area contributed by atoms with E-state index < -0.39 is 6.85 Å². The van der Waals surface area contributed by atoms with Crippen molar-refractivity contribution in [1.82, 2.24) is 19.5 Å². The van der Waals surface area contributed by atoms with Gasteiger partial charge in [0.15, 0.2) is 0 Å². The maximum atomic E-state index is 9.62. The molecule has 0 aliphatic heterocycles. The highest BCUT2D eigenvalue weighted by Crippen LogP contribution is 2.45. The molecule has 0 radical (unpaired) electrons. The maximum Gasteiger partial charge on any atom is 0.147 e. The minimum absolute atomic E-state index is 0.0441. The van der Waals surface area contributed by atoms with Crippen LogP contribution >= 0.6 is 11.3 Å². The highest BCUT2D eigenvalue weighted by molar-refractivity contribution is 7.26. The molecule has 0 aliphatic carbocycles. The van der Waals surface area contributed by atoms with E-state index in [9.17, 15) is 5.26 Å². The minimum Gasteiger partial charge on any atom is -0.290 e. The number of aromatic nitrogens is 4. The molecule has 5 nitrogen and oxygen atoms in total. The SMILES string of the molecule is [2H]C([2H])([2H])c1ccc2ccc3nc(-c4cccc5c4sc4nc(C#N)ccc45)n(-c4c(C(C)C)cc(-c5ccc6ccccc6c5)cc4C(C)C)c3c2n1. The highest BCUT2D eigenvalue weighted by atomic mass is 32.1. The van der Waals surface area contributed by atoms with Gasteiger partial charge in [-0.3, -0.25) is 9.55 Å². The smallest absolute Gasteiger partial charge is 0.147 e. The Bertz CT molecular complexity index is 2990. The van der Waals surface area contributed by atoms with Gasteiger partial charge in [0, 0.05) is 36.2 Å². The number of pyridine rings is 2. The summed E-state index contributed by atoms with van der Waals surface area (Å²) < 4.78 is 28.0. The first-order valence-electron chi connectivity index (χ1n) is 18.7. The lowest BCUT2D eigenvalue weighted by molar-refractivity contribution is 0.812. The summed E-state index contributed by atoms with van der Waals surface area (Å²) in [4.78, 5) is 15.7. The number of imidazole rings is 1. The van der Waals surface area contributed by atoms with Gasteiger partial charge in [-0.25, -0.2) is 9.97 Å². The number of rotatable bonds is 5. The number of hydrogen-bond acceptors (Lipinski definition) is 5. The van der Waals surface area contributed by atoms with E-state index in [1.54, 1.807) is 23.5 Å². The summed E-state index contributed by atoms with van der Waals surface area (Å²) in [5, 5.41) is 14.9. The van der Waals surface area contributed by atoms with Crippen LogP contribution in [0.4, 0.5) is 0 Å². The second-order valence-electron chi connectivity index (χ2n) is 13.8. The van der Waals surface area contributed by atoms with E-state index in [0.29, 0.717) is 11.2 Å². The van der Waals surface area contributed by atoms with E-state index in [1.165, 1.54) is 10.8 Å². The van der Waals surface area contributed by atoms with E-state index >= 15 is 0 Å². The molecule has 0 bridgehead atoms. The van der Waals surface area contributed by atoms with Crippen LogP contribution in [0.5, 0.6) is 0 Å². The first kappa shape index (κ1) is 27.9. The lowest BCUT2D eigenvalue weighted by Crippen LogP contribution is -2.10. The molecule has 0 saturated carbocycles. The molecule has 246 valence electrons. The Labute approximate surface area is 304 Å². The van der Waals surface area contributed by atoms with E-state index in [2.05, 4.69) is 110 Å². The standard InChI is InChI=1S/C45H35N5S/c1-25(2)37-22-32(31-16-15-28-9-6-7-10-30(28)21-31)23-38(26(3)4)41(37)50-42-39(20-17-29-14-13-27(5)47-40(29)42)49-44(50)36-12-8-11-34-35-19-18-33(24-46)48-45(35)51-43(34)36/h6-23,25-26H,1-5H3/i5D3. The topological polar surface area (TPSA) is 67.4 Å². The van der Waals surface area contributed by atoms with Gasteiger partial charge in [-0.05, 0) is 100 Å². The lowest BCUT2D eigenvalue weighted by atomic mass is 9.87. The maximum absolute atomic E-state index is 9.62. The molecule has 5 aromatic carbocycles. The van der Waals surface area contributed by atoms with Crippen molar-refractivity contribution in [2.45, 2.75) is 46.4 Å². The fraction of sp³-hybridized carbons (Fsp3) is 0.156. The van der Waals surface area contributed by atoms with Crippen molar-refractivity contribution in [3.63, 3.8) is 0 Å². The van der Waals surface area contributed by atoms with Gasteiger partial charge < -0.3 is 0 Å². The van der Waals surface area contributed by atoms with Crippen molar-refractivity contribution in [2.24, 2.45) is 0 Å². The molecule has 6 heteroatoms. The third kappa shape index (κ3) is 4.99. The molecule has 9 aromatic rings. The third-order valence-corrected chi connectivity index (χ3v) is 11.1. The van der Waals surface area contributed by atoms with Crippen LogP contribution in [-0.2, 0) is 0 Å². The van der Waals surface area contributed by atoms with Crippen LogP contribution in [-0.4, -0.2) is 19.5 Å². The van der Waals surface area contributed by atoms with Gasteiger partial charge in [0.05, 0.1) is 22.2 Å². The van der Waals surface area contributed by atoms with Crippen molar-refractivity contribution in [1.29, 1.82) is 5.26 Å². The van der Waals surface area contributed by atoms with E-state index in [0.717, 1.165) is 76.1 Å². The predicted octanol–water partition coefficient (Wildman–Crippen LogP) is 12.3. The number of nitrogens with zero attached hydrogens (tertiary/aromatic N) is 5. The van der Waals surface area contributed by atoms with Gasteiger partial charge in [-0.1, -0.05) is 88.4 Å². The van der Waals surface area contributed by atoms with Crippen molar-refractivity contribution in [3.05, 3.63) is 132 Å². The summed E-state index contributed by atoms with van der Waals surface area (Å²) in [5.74, 6) is 0.981. The second-order valence-corrected chi connectivity index (χ2v) is 14.8. The zero-order chi connectivity index (χ0) is 37.5. The predicted molar refractivity (Wildman–Crippen MR) is 213 cm³/mol. The van der Waals surface area contributed by atoms with Gasteiger partial charge in [0.25, 0.3) is 0 Å². The molecule has 0 aliphatic rings. The average Bonchev–Trinajstić information content (AvgIpc) is 3.75. The summed E-state index contributed by atoms with van der Waals surface area (Å²) in [5.41, 5.74) is 9.03. The Morgan fingerprint density at radius 1 is 0.706 bits per heavy atom. The number of thiophene rings is 1. The number of nitriles is 1. The van der Waals surface area contributed by atoms with Crippen LogP contribution in [0.25, 0.3) is 81.2 Å². The van der Waals surface area contributed by atoms with Crippen LogP contribution in [0.15, 0.2) is 109 Å². The summed E-state index contributed by atoms with van der Waals surface area (Å²) >= 11 is 1.55. The van der Waals surface area contributed by atoms with Gasteiger partial charge in [0.2, 0.25) is 0 Å². The first-order valence-corrected chi connectivity index (χ1v) is 18.0. The summed E-state index contributed by atoms with van der Waals surface area (Å²) in [7, 11) is 0. The van der Waals surface area contributed by atoms with Crippen LogP contribution < -0.4 is 0 Å². The second kappa shape index (κ2) is 11.9. The summed E-state index contributed by atoms with van der Waals surface area (Å²) in [6.45, 7) is 6.51. The first-order chi connectivity index (χ1) is 26.0. The molecule has 0 atom stereocenters. The molecule has 0 unspecified atom stereocenters. The van der Waals surface area contributed by atoms with Gasteiger partial charge in [-0.2, -0.15) is 5.26 Å². The average molecular weight is 681 g/mol. The molecule has 9 rings (SSSR count). The minimum atomic E-state index is -2.38. The Morgan fingerprint density at radius 2 is 1.47 bits per heavy atom. The normalized spacial score (nSPS) is 13.1. The van der Waals surface area contributed by atoms with Crippen molar-refractivity contribution in [3.8, 4) is 34.3 Å². The molecule has 0 spiro atoms. The van der Waals surface area contributed by atoms with Crippen LogP contribution in [0.2, 0.25) is 0 Å². The monoisotopic (exact) mass is 680 g/mol. The molecular weight excluding hydrogens is 643 g/mol. The van der Waals surface area contributed by atoms with E-state index in [4.69, 9.17) is 14.1 Å². The van der Waals surface area contributed by atoms with Crippen LogP contribution in [0.1, 0.15) is 66.2 Å². The van der Waals surface area contributed by atoms with Crippen LogP contribution in [0, 0.1) is 18.2 Å². The summed E-state index contributed by atoms with van der Waals surface area (Å²) in [6, 6.07) is 39.3. The Morgan fingerprint density at radius 3 is 2.24 bits per heavy atom. The number of hydrogen-bond donors (Lipinski definition) is 0. The van der Waals surface area contributed by atoms with Crippen LogP contribution in [0.3, 0.4) is 0 Å². The van der Waals surface area contributed by atoms with Gasteiger partial charge >= 0.3 is 0 Å². The molecule has 4 aromatic heterocycles. The Kier molecular flexibility index (Phi) is 6.48. The zero-order valence-corrected chi connectivity index (χ0v) is 29.5.